The Labute approximate surface area is 198 Å². The summed E-state index contributed by atoms with van der Waals surface area (Å²) < 4.78 is 4.77. The number of esters is 1. The Morgan fingerprint density at radius 3 is 2.44 bits per heavy atom. The number of ether oxygens (including phenoxy) is 1. The van der Waals surface area contributed by atoms with Crippen LogP contribution in [0.15, 0.2) is 36.4 Å². The van der Waals surface area contributed by atoms with Crippen LogP contribution in [-0.2, 0) is 35.2 Å². The highest BCUT2D eigenvalue weighted by atomic mass is 35.5. The number of aliphatic hydroxyl groups excluding tert-OH is 1. The van der Waals surface area contributed by atoms with Gasteiger partial charge in [0, 0.05) is 18.4 Å². The van der Waals surface area contributed by atoms with Gasteiger partial charge in [0.25, 0.3) is 0 Å². The van der Waals surface area contributed by atoms with Crippen LogP contribution < -0.4 is 0 Å². The lowest BCUT2D eigenvalue weighted by molar-refractivity contribution is -0.140. The van der Waals surface area contributed by atoms with E-state index in [0.717, 1.165) is 38.5 Å². The van der Waals surface area contributed by atoms with Crippen LogP contribution in [0.2, 0.25) is 0 Å². The molecule has 0 aromatic heterocycles. The van der Waals surface area contributed by atoms with E-state index in [1.165, 1.54) is 46.9 Å². The maximum atomic E-state index is 11.5. The molecule has 0 spiro atoms. The molecule has 1 saturated carbocycles. The first-order valence-corrected chi connectivity index (χ1v) is 12.3. The molecule has 0 aliphatic heterocycles. The Hall–Kier alpha value is -1.84. The number of hydrogen-bond acceptors (Lipinski definition) is 3. The summed E-state index contributed by atoms with van der Waals surface area (Å²) in [5.74, 6) is 0.962. The first kappa shape index (κ1) is 24.8. The van der Waals surface area contributed by atoms with Gasteiger partial charge < -0.3 is 9.84 Å². The standard InChI is InChI=1S/C28H37ClO3/c1-19-15-23(16-20(2)25(19)13-14-30)7-10-26-24(9-11-27(26)29)18-22-6-4-5-21(17-22)8-12-28(31)32-3/h4-6,15-17,24,26-27,30H,7-14,18H2,1-3H3/t24-,26-,27?/m1/s1. The lowest BCUT2D eigenvalue weighted by Crippen LogP contribution is -2.18. The average Bonchev–Trinajstić information content (AvgIpc) is 3.12. The van der Waals surface area contributed by atoms with Gasteiger partial charge in [-0.15, -0.1) is 11.6 Å². The third-order valence-corrected chi connectivity index (χ3v) is 7.64. The van der Waals surface area contributed by atoms with Crippen molar-refractivity contribution in [3.8, 4) is 0 Å². The van der Waals surface area contributed by atoms with E-state index in [1.54, 1.807) is 0 Å². The Balaban J connectivity index is 1.62. The summed E-state index contributed by atoms with van der Waals surface area (Å²) in [5, 5.41) is 9.56. The first-order chi connectivity index (χ1) is 15.4. The van der Waals surface area contributed by atoms with Crippen LogP contribution in [0.25, 0.3) is 0 Å². The third kappa shape index (κ3) is 6.59. The predicted octanol–water partition coefficient (Wildman–Crippen LogP) is 5.75. The fourth-order valence-electron chi connectivity index (χ4n) is 5.40. The molecule has 1 aliphatic carbocycles. The highest BCUT2D eigenvalue weighted by Gasteiger charge is 2.34. The van der Waals surface area contributed by atoms with Crippen molar-refractivity contribution < 1.29 is 14.6 Å². The quantitative estimate of drug-likeness (QED) is 0.365. The minimum atomic E-state index is -0.161. The van der Waals surface area contributed by atoms with Gasteiger partial charge in [-0.25, -0.2) is 0 Å². The summed E-state index contributed by atoms with van der Waals surface area (Å²) in [6, 6.07) is 13.2. The first-order valence-electron chi connectivity index (χ1n) is 11.9. The van der Waals surface area contributed by atoms with Gasteiger partial charge in [0.15, 0.2) is 0 Å². The zero-order valence-corrected chi connectivity index (χ0v) is 20.5. The summed E-state index contributed by atoms with van der Waals surface area (Å²) in [4.78, 5) is 11.5. The molecule has 0 radical (unpaired) electrons. The molecule has 0 heterocycles. The van der Waals surface area contributed by atoms with E-state index in [1.807, 2.05) is 0 Å². The van der Waals surface area contributed by atoms with Crippen LogP contribution in [0.4, 0.5) is 0 Å². The Morgan fingerprint density at radius 1 is 1.03 bits per heavy atom. The van der Waals surface area contributed by atoms with Crippen molar-refractivity contribution in [2.75, 3.05) is 13.7 Å². The smallest absolute Gasteiger partial charge is 0.305 e. The molecule has 3 rings (SSSR count). The number of aliphatic hydroxyl groups is 1. The molecule has 2 aromatic carbocycles. The molecular weight excluding hydrogens is 420 g/mol. The van der Waals surface area contributed by atoms with E-state index < -0.39 is 0 Å². The van der Waals surface area contributed by atoms with Crippen molar-refractivity contribution in [2.45, 2.75) is 70.6 Å². The number of methoxy groups -OCH3 is 1. The lowest BCUT2D eigenvalue weighted by atomic mass is 9.84. The maximum absolute atomic E-state index is 11.5. The Kier molecular flexibility index (Phi) is 9.19. The minimum absolute atomic E-state index is 0.161. The van der Waals surface area contributed by atoms with Crippen LogP contribution in [-0.4, -0.2) is 30.2 Å². The molecule has 4 heteroatoms. The summed E-state index contributed by atoms with van der Waals surface area (Å²) >= 11 is 6.79. The van der Waals surface area contributed by atoms with Crippen LogP contribution in [0.3, 0.4) is 0 Å². The molecular formula is C28H37ClO3. The van der Waals surface area contributed by atoms with Crippen molar-refractivity contribution in [1.29, 1.82) is 0 Å². The molecule has 3 nitrogen and oxygen atoms in total. The number of carbonyl (C=O) groups is 1. The number of hydrogen-bond donors (Lipinski definition) is 1. The second kappa shape index (κ2) is 11.9. The van der Waals surface area contributed by atoms with Crippen molar-refractivity contribution in [3.05, 3.63) is 69.8 Å². The zero-order chi connectivity index (χ0) is 23.1. The molecule has 32 heavy (non-hydrogen) atoms. The van der Waals surface area contributed by atoms with E-state index in [9.17, 15) is 9.90 Å². The van der Waals surface area contributed by atoms with Crippen molar-refractivity contribution >= 4 is 17.6 Å². The van der Waals surface area contributed by atoms with Crippen LogP contribution in [0.5, 0.6) is 0 Å². The van der Waals surface area contributed by atoms with Crippen LogP contribution >= 0.6 is 11.6 Å². The van der Waals surface area contributed by atoms with Crippen molar-refractivity contribution in [2.24, 2.45) is 11.8 Å². The second-order valence-electron chi connectivity index (χ2n) is 9.34. The van der Waals surface area contributed by atoms with Gasteiger partial charge in [0.1, 0.15) is 0 Å². The molecule has 1 aliphatic rings. The van der Waals surface area contributed by atoms with Gasteiger partial charge in [-0.3, -0.25) is 4.79 Å². The van der Waals surface area contributed by atoms with Crippen LogP contribution in [0.1, 0.15) is 59.1 Å². The monoisotopic (exact) mass is 456 g/mol. The Morgan fingerprint density at radius 2 is 1.75 bits per heavy atom. The second-order valence-corrected chi connectivity index (χ2v) is 9.90. The molecule has 1 unspecified atom stereocenters. The summed E-state index contributed by atoms with van der Waals surface area (Å²) in [5.41, 5.74) is 7.75. The van der Waals surface area contributed by atoms with Gasteiger partial charge >= 0.3 is 5.97 Å². The van der Waals surface area contributed by atoms with E-state index in [4.69, 9.17) is 16.3 Å². The van der Waals surface area contributed by atoms with Crippen LogP contribution in [0, 0.1) is 25.7 Å². The molecule has 174 valence electrons. The predicted molar refractivity (Wildman–Crippen MR) is 131 cm³/mol. The van der Waals surface area contributed by atoms with E-state index >= 15 is 0 Å². The van der Waals surface area contributed by atoms with Gasteiger partial charge in [-0.05, 0) is 104 Å². The lowest BCUT2D eigenvalue weighted by Gasteiger charge is -2.23. The molecule has 3 atom stereocenters. The topological polar surface area (TPSA) is 46.5 Å². The van der Waals surface area contributed by atoms with Crippen molar-refractivity contribution in [3.63, 3.8) is 0 Å². The average molecular weight is 457 g/mol. The molecule has 1 fully saturated rings. The van der Waals surface area contributed by atoms with Gasteiger partial charge in [0.05, 0.1) is 7.11 Å². The zero-order valence-electron chi connectivity index (χ0n) is 19.7. The fraction of sp³-hybridized carbons (Fsp3) is 0.536. The number of halogens is 1. The van der Waals surface area contributed by atoms with Gasteiger partial charge in [-0.1, -0.05) is 36.4 Å². The number of aryl methyl sites for hydroxylation is 4. The van der Waals surface area contributed by atoms with Crippen molar-refractivity contribution in [1.82, 2.24) is 0 Å². The Bertz CT molecular complexity index is 884. The highest BCUT2D eigenvalue weighted by molar-refractivity contribution is 6.21. The summed E-state index contributed by atoms with van der Waals surface area (Å²) in [6.07, 6.45) is 7.34. The molecule has 1 N–H and O–H groups in total. The fourth-order valence-corrected chi connectivity index (χ4v) is 5.85. The maximum Gasteiger partial charge on any atom is 0.305 e. The van der Waals surface area contributed by atoms with Gasteiger partial charge in [-0.2, -0.15) is 0 Å². The third-order valence-electron chi connectivity index (χ3n) is 7.10. The summed E-state index contributed by atoms with van der Waals surface area (Å²) in [7, 11) is 1.44. The van der Waals surface area contributed by atoms with Gasteiger partial charge in [0.2, 0.25) is 0 Å². The molecule has 0 saturated heterocycles. The highest BCUT2D eigenvalue weighted by Crippen LogP contribution is 2.40. The minimum Gasteiger partial charge on any atom is -0.469 e. The number of carbonyl (C=O) groups excluding carboxylic acids is 1. The van der Waals surface area contributed by atoms with E-state index in [-0.39, 0.29) is 18.0 Å². The normalized spacial score (nSPS) is 20.5. The molecule has 0 amide bonds. The molecule has 0 bridgehead atoms. The number of benzene rings is 2. The SMILES string of the molecule is COC(=O)CCc1cccc(C[C@H]2CCC(Cl)[C@@H]2CCc2cc(C)c(CCO)c(C)c2)c1. The van der Waals surface area contributed by atoms with E-state index in [2.05, 4.69) is 50.2 Å². The summed E-state index contributed by atoms with van der Waals surface area (Å²) in [6.45, 7) is 4.50. The number of rotatable bonds is 10. The number of alkyl halides is 1. The van der Waals surface area contributed by atoms with E-state index in [0.29, 0.717) is 18.3 Å². The molecule has 2 aromatic rings. The largest absolute Gasteiger partial charge is 0.469 e.